The maximum atomic E-state index is 12.8. The van der Waals surface area contributed by atoms with Crippen molar-refractivity contribution in [2.45, 2.75) is 64.1 Å². The molecule has 3 heterocycles. The van der Waals surface area contributed by atoms with E-state index in [-0.39, 0.29) is 11.9 Å². The fourth-order valence-electron chi connectivity index (χ4n) is 3.79. The number of carbonyl (C=O) groups excluding carboxylic acids is 1. The number of hydrogen-bond donors (Lipinski definition) is 1. The van der Waals surface area contributed by atoms with E-state index in [1.54, 1.807) is 22.7 Å². The van der Waals surface area contributed by atoms with Crippen LogP contribution >= 0.6 is 22.7 Å². The summed E-state index contributed by atoms with van der Waals surface area (Å²) in [6.07, 6.45) is 5.46. The first-order valence-electron chi connectivity index (χ1n) is 8.74. The fourth-order valence-corrected chi connectivity index (χ4v) is 5.78. The van der Waals surface area contributed by atoms with Crippen LogP contribution in [0.4, 0.5) is 5.00 Å². The Morgan fingerprint density at radius 2 is 2.17 bits per heavy atom. The average Bonchev–Trinajstić information content (AvgIpc) is 3.29. The molecule has 1 N–H and O–H groups in total. The standard InChI is InChI=1S/C18H23N3OS2/c1-11(2)21-15(16(22)19-13-5-3-4-6-13)9-14-18(21)24-17(20-14)12-7-8-23-10-12/h7-8,10-11,13,15H,3-6,9H2,1-2H3,(H,19,22). The number of carbonyl (C=O) groups is 1. The van der Waals surface area contributed by atoms with Crippen molar-refractivity contribution in [3.05, 3.63) is 22.5 Å². The SMILES string of the molecule is CC(C)N1c2sc(-c3ccsc3)nc2CC1C(=O)NC1CCCC1. The van der Waals surface area contributed by atoms with E-state index in [4.69, 9.17) is 4.98 Å². The number of anilines is 1. The Morgan fingerprint density at radius 3 is 2.83 bits per heavy atom. The zero-order chi connectivity index (χ0) is 16.7. The van der Waals surface area contributed by atoms with Crippen molar-refractivity contribution in [2.24, 2.45) is 0 Å². The number of nitrogens with zero attached hydrogens (tertiary/aromatic N) is 2. The summed E-state index contributed by atoms with van der Waals surface area (Å²) >= 11 is 3.42. The summed E-state index contributed by atoms with van der Waals surface area (Å²) in [6, 6.07) is 2.68. The number of amides is 1. The second-order valence-corrected chi connectivity index (χ2v) is 8.75. The minimum Gasteiger partial charge on any atom is -0.352 e. The lowest BCUT2D eigenvalue weighted by molar-refractivity contribution is -0.123. The monoisotopic (exact) mass is 361 g/mol. The smallest absolute Gasteiger partial charge is 0.243 e. The van der Waals surface area contributed by atoms with Crippen LogP contribution in [0, 0.1) is 0 Å². The summed E-state index contributed by atoms with van der Waals surface area (Å²) in [5, 5.41) is 9.74. The maximum absolute atomic E-state index is 12.8. The van der Waals surface area contributed by atoms with Crippen molar-refractivity contribution < 1.29 is 4.79 Å². The van der Waals surface area contributed by atoms with Gasteiger partial charge in [0.2, 0.25) is 5.91 Å². The number of fused-ring (bicyclic) bond motifs is 1. The molecule has 1 fully saturated rings. The summed E-state index contributed by atoms with van der Waals surface area (Å²) in [6.45, 7) is 4.32. The summed E-state index contributed by atoms with van der Waals surface area (Å²) in [7, 11) is 0. The number of rotatable bonds is 4. The second kappa shape index (κ2) is 6.48. The summed E-state index contributed by atoms with van der Waals surface area (Å²) < 4.78 is 0. The molecule has 2 aliphatic rings. The summed E-state index contributed by atoms with van der Waals surface area (Å²) in [4.78, 5) is 19.9. The molecule has 1 aliphatic carbocycles. The van der Waals surface area contributed by atoms with Crippen molar-refractivity contribution >= 4 is 33.6 Å². The van der Waals surface area contributed by atoms with Crippen LogP contribution in [0.5, 0.6) is 0 Å². The highest BCUT2D eigenvalue weighted by Crippen LogP contribution is 2.42. The summed E-state index contributed by atoms with van der Waals surface area (Å²) in [5.74, 6) is 0.179. The predicted molar refractivity (Wildman–Crippen MR) is 101 cm³/mol. The Morgan fingerprint density at radius 1 is 1.38 bits per heavy atom. The molecule has 128 valence electrons. The molecule has 0 saturated heterocycles. The highest BCUT2D eigenvalue weighted by molar-refractivity contribution is 7.19. The van der Waals surface area contributed by atoms with Crippen molar-refractivity contribution in [2.75, 3.05) is 4.90 Å². The molecule has 2 aromatic rings. The first-order valence-corrected chi connectivity index (χ1v) is 10.5. The number of hydrogen-bond acceptors (Lipinski definition) is 5. The molecule has 0 spiro atoms. The second-order valence-electron chi connectivity index (χ2n) is 6.99. The Labute approximate surface area is 150 Å². The maximum Gasteiger partial charge on any atom is 0.243 e. The lowest BCUT2D eigenvalue weighted by Crippen LogP contribution is -2.50. The fraction of sp³-hybridized carbons (Fsp3) is 0.556. The first kappa shape index (κ1) is 16.1. The summed E-state index contributed by atoms with van der Waals surface area (Å²) in [5.41, 5.74) is 2.27. The van der Waals surface area contributed by atoms with Gasteiger partial charge in [0, 0.05) is 29.4 Å². The van der Waals surface area contributed by atoms with Gasteiger partial charge in [-0.25, -0.2) is 4.98 Å². The van der Waals surface area contributed by atoms with Crippen LogP contribution in [0.25, 0.3) is 10.6 Å². The van der Waals surface area contributed by atoms with Gasteiger partial charge in [0.15, 0.2) is 0 Å². The van der Waals surface area contributed by atoms with Crippen LogP contribution in [-0.4, -0.2) is 29.0 Å². The van der Waals surface area contributed by atoms with Crippen LogP contribution in [-0.2, 0) is 11.2 Å². The van der Waals surface area contributed by atoms with Crippen molar-refractivity contribution in [3.8, 4) is 10.6 Å². The molecular weight excluding hydrogens is 338 g/mol. The number of thiophene rings is 1. The molecule has 1 aliphatic heterocycles. The van der Waals surface area contributed by atoms with Gasteiger partial charge in [0.05, 0.1) is 5.69 Å². The third kappa shape index (κ3) is 2.86. The van der Waals surface area contributed by atoms with Gasteiger partial charge in [-0.2, -0.15) is 11.3 Å². The normalized spacial score (nSPS) is 20.8. The molecule has 4 nitrogen and oxygen atoms in total. The molecule has 4 rings (SSSR count). The van der Waals surface area contributed by atoms with Gasteiger partial charge in [-0.05, 0) is 38.1 Å². The minimum atomic E-state index is -0.101. The number of thiazole rings is 1. The van der Waals surface area contributed by atoms with E-state index < -0.39 is 0 Å². The Hall–Kier alpha value is -1.40. The van der Waals surface area contributed by atoms with E-state index in [0.717, 1.165) is 30.0 Å². The number of nitrogens with one attached hydrogen (secondary N) is 1. The van der Waals surface area contributed by atoms with Crippen molar-refractivity contribution in [1.29, 1.82) is 0 Å². The van der Waals surface area contributed by atoms with E-state index in [2.05, 4.69) is 40.9 Å². The third-order valence-electron chi connectivity index (χ3n) is 4.96. The zero-order valence-electron chi connectivity index (χ0n) is 14.1. The predicted octanol–water partition coefficient (Wildman–Crippen LogP) is 4.07. The van der Waals surface area contributed by atoms with Gasteiger partial charge in [0.1, 0.15) is 16.1 Å². The molecule has 1 saturated carbocycles. The molecule has 1 unspecified atom stereocenters. The zero-order valence-corrected chi connectivity index (χ0v) is 15.8. The van der Waals surface area contributed by atoms with Gasteiger partial charge in [0.25, 0.3) is 0 Å². The lowest BCUT2D eigenvalue weighted by Gasteiger charge is -2.30. The van der Waals surface area contributed by atoms with Gasteiger partial charge >= 0.3 is 0 Å². The Kier molecular flexibility index (Phi) is 4.35. The lowest BCUT2D eigenvalue weighted by atomic mass is 10.1. The topological polar surface area (TPSA) is 45.2 Å². The molecule has 1 atom stereocenters. The molecule has 0 aromatic carbocycles. The first-order chi connectivity index (χ1) is 11.6. The van der Waals surface area contributed by atoms with Crippen LogP contribution in [0.15, 0.2) is 16.8 Å². The van der Waals surface area contributed by atoms with Crippen LogP contribution in [0.3, 0.4) is 0 Å². The van der Waals surface area contributed by atoms with E-state index in [9.17, 15) is 4.79 Å². The minimum absolute atomic E-state index is 0.101. The average molecular weight is 362 g/mol. The highest BCUT2D eigenvalue weighted by atomic mass is 32.1. The molecule has 2 aromatic heterocycles. The number of aromatic nitrogens is 1. The Balaban J connectivity index is 1.56. The van der Waals surface area contributed by atoms with Crippen LogP contribution in [0.2, 0.25) is 0 Å². The third-order valence-corrected chi connectivity index (χ3v) is 6.81. The van der Waals surface area contributed by atoms with Crippen molar-refractivity contribution in [3.63, 3.8) is 0 Å². The van der Waals surface area contributed by atoms with Crippen LogP contribution < -0.4 is 10.2 Å². The van der Waals surface area contributed by atoms with Crippen molar-refractivity contribution in [1.82, 2.24) is 10.3 Å². The molecule has 6 heteroatoms. The highest BCUT2D eigenvalue weighted by Gasteiger charge is 2.39. The molecule has 1 amide bonds. The molecule has 0 bridgehead atoms. The van der Waals surface area contributed by atoms with E-state index >= 15 is 0 Å². The van der Waals surface area contributed by atoms with Gasteiger partial charge < -0.3 is 10.2 Å². The van der Waals surface area contributed by atoms with Gasteiger partial charge in [-0.15, -0.1) is 0 Å². The Bertz CT molecular complexity index is 717. The largest absolute Gasteiger partial charge is 0.352 e. The van der Waals surface area contributed by atoms with E-state index in [1.165, 1.54) is 23.4 Å². The molecular formula is C18H23N3OS2. The van der Waals surface area contributed by atoms with E-state index in [1.807, 2.05) is 0 Å². The van der Waals surface area contributed by atoms with Gasteiger partial charge in [-0.1, -0.05) is 24.2 Å². The van der Waals surface area contributed by atoms with Gasteiger partial charge in [-0.3, -0.25) is 4.79 Å². The van der Waals surface area contributed by atoms with Crippen LogP contribution in [0.1, 0.15) is 45.2 Å². The van der Waals surface area contributed by atoms with E-state index in [0.29, 0.717) is 12.1 Å². The molecule has 24 heavy (non-hydrogen) atoms. The quantitative estimate of drug-likeness (QED) is 0.893. The molecule has 0 radical (unpaired) electrons.